The molecule has 0 radical (unpaired) electrons. The van der Waals surface area contributed by atoms with E-state index in [0.717, 1.165) is 16.2 Å². The molecule has 3 heterocycles. The van der Waals surface area contributed by atoms with Crippen LogP contribution in [0.2, 0.25) is 0 Å². The highest BCUT2D eigenvalue weighted by Gasteiger charge is 2.54. The zero-order chi connectivity index (χ0) is 19.0. The molecule has 10 nitrogen and oxygen atoms in total. The first-order valence-electron chi connectivity index (χ1n) is 7.16. The number of aliphatic carboxylic acids is 1. The number of rotatable bonds is 5. The molecule has 0 aliphatic carbocycles. The molecule has 13 heteroatoms. The third-order valence-electron chi connectivity index (χ3n) is 3.81. The fourth-order valence-electron chi connectivity index (χ4n) is 2.62. The van der Waals surface area contributed by atoms with Crippen molar-refractivity contribution < 1.29 is 24.7 Å². The topological polar surface area (TPSA) is 158 Å². The van der Waals surface area contributed by atoms with Crippen LogP contribution in [0.3, 0.4) is 0 Å². The number of carboxylic acids is 1. The Balaban J connectivity index is 0.00000261. The molecule has 27 heavy (non-hydrogen) atoms. The third-order valence-corrected chi connectivity index (χ3v) is 5.79. The van der Waals surface area contributed by atoms with Gasteiger partial charge in [-0.05, 0) is 5.57 Å². The lowest BCUT2D eigenvalue weighted by molar-refractivity contribution is -0.150. The van der Waals surface area contributed by atoms with Crippen molar-refractivity contribution in [3.8, 4) is 0 Å². The Hall–Kier alpha value is -2.57. The minimum Gasteiger partial charge on any atom is -0.477 e. The summed E-state index contributed by atoms with van der Waals surface area (Å²) in [6, 6.07) is -0.944. The third kappa shape index (κ3) is 3.50. The highest BCUT2D eigenvalue weighted by molar-refractivity contribution is 8.00. The fourth-order valence-corrected chi connectivity index (χ4v) is 4.51. The van der Waals surface area contributed by atoms with Gasteiger partial charge in [-0.2, -0.15) is 0 Å². The van der Waals surface area contributed by atoms with E-state index in [0.29, 0.717) is 11.3 Å². The van der Waals surface area contributed by atoms with Crippen molar-refractivity contribution in [3.63, 3.8) is 0 Å². The first-order chi connectivity index (χ1) is 12.4. The fraction of sp³-hybridized carbons (Fsp3) is 0.214. The number of aromatic nitrogens is 1. The van der Waals surface area contributed by atoms with Crippen molar-refractivity contribution >= 4 is 64.1 Å². The van der Waals surface area contributed by atoms with Crippen molar-refractivity contribution in [3.05, 3.63) is 35.0 Å². The second-order valence-electron chi connectivity index (χ2n) is 5.26. The number of nitrogen functional groups attached to an aromatic ring is 1. The summed E-state index contributed by atoms with van der Waals surface area (Å²) >= 11 is 2.37. The van der Waals surface area contributed by atoms with Crippen LogP contribution in [0, 0.1) is 0 Å². The number of thioether (sulfide) groups is 1. The second-order valence-corrected chi connectivity index (χ2v) is 7.26. The van der Waals surface area contributed by atoms with Crippen LogP contribution in [0.5, 0.6) is 0 Å². The van der Waals surface area contributed by atoms with E-state index in [-0.39, 0.29) is 34.6 Å². The highest BCUT2D eigenvalue weighted by atomic mass is 35.5. The van der Waals surface area contributed by atoms with Crippen molar-refractivity contribution in [1.29, 1.82) is 0 Å². The molecule has 0 aromatic carbocycles. The molecule has 2 amide bonds. The number of β-lactam (4-membered cyclic amide) rings is 1. The molecule has 3 rings (SSSR count). The van der Waals surface area contributed by atoms with Gasteiger partial charge in [0, 0.05) is 11.1 Å². The Morgan fingerprint density at radius 3 is 2.74 bits per heavy atom. The predicted molar refractivity (Wildman–Crippen MR) is 102 cm³/mol. The van der Waals surface area contributed by atoms with Gasteiger partial charge in [0.1, 0.15) is 22.8 Å². The Kier molecular flexibility index (Phi) is 6.13. The number of oxime groups is 1. The van der Waals surface area contributed by atoms with E-state index in [4.69, 9.17) is 10.9 Å². The van der Waals surface area contributed by atoms with Gasteiger partial charge in [0.05, 0.1) is 0 Å². The maximum atomic E-state index is 12.4. The van der Waals surface area contributed by atoms with Crippen LogP contribution >= 0.6 is 35.5 Å². The maximum Gasteiger partial charge on any atom is 0.352 e. The number of amides is 2. The molecule has 1 aromatic heterocycles. The molecule has 1 aromatic rings. The number of anilines is 1. The van der Waals surface area contributed by atoms with Gasteiger partial charge in [-0.3, -0.25) is 14.5 Å². The number of carbonyl (C=O) groups is 3. The number of carboxylic acid groups (broad SMARTS) is 1. The van der Waals surface area contributed by atoms with Gasteiger partial charge in [-0.25, -0.2) is 9.78 Å². The van der Waals surface area contributed by atoms with Crippen molar-refractivity contribution in [1.82, 2.24) is 15.2 Å². The van der Waals surface area contributed by atoms with E-state index >= 15 is 0 Å². The summed E-state index contributed by atoms with van der Waals surface area (Å²) in [4.78, 5) is 41.2. The molecule has 2 aliphatic heterocycles. The van der Waals surface area contributed by atoms with Crippen molar-refractivity contribution in [2.75, 3.05) is 11.5 Å². The van der Waals surface area contributed by atoms with Gasteiger partial charge in [-0.1, -0.05) is 17.8 Å². The Morgan fingerprint density at radius 1 is 1.52 bits per heavy atom. The predicted octanol–water partition coefficient (Wildman–Crippen LogP) is 0.250. The Morgan fingerprint density at radius 2 is 2.22 bits per heavy atom. The van der Waals surface area contributed by atoms with E-state index in [1.165, 1.54) is 23.2 Å². The normalized spacial score (nSPS) is 21.7. The Labute approximate surface area is 167 Å². The summed E-state index contributed by atoms with van der Waals surface area (Å²) in [5, 5.41) is 24.9. The molecule has 144 valence electrons. The number of nitrogens with two attached hydrogens (primary N) is 1. The zero-order valence-electron chi connectivity index (χ0n) is 13.5. The molecule has 0 bridgehead atoms. The van der Waals surface area contributed by atoms with Crippen LogP contribution in [-0.2, 0) is 14.4 Å². The lowest BCUT2D eigenvalue weighted by Crippen LogP contribution is -2.71. The largest absolute Gasteiger partial charge is 0.477 e. The number of nitrogens with one attached hydrogen (secondary N) is 1. The minimum atomic E-state index is -1.24. The molecule has 1 saturated heterocycles. The summed E-state index contributed by atoms with van der Waals surface area (Å²) in [6.07, 6.45) is 1.40. The molecule has 0 spiro atoms. The van der Waals surface area contributed by atoms with Crippen molar-refractivity contribution in [2.24, 2.45) is 5.16 Å². The second kappa shape index (κ2) is 7.98. The standard InChI is InChI=1S/C14H13N5O5S2.ClH/c1-2-5-3-25-12-8(11(21)19(12)9(5)13(22)23)17-10(20)7(18-24)6-4-26-14(15)16-6;/h2,4,8,12,24H,1,3H2,(H2,15,16)(H,17,20)(H,22,23);1H/b18-7-;/t8-,12-;/m1./s1. The lowest BCUT2D eigenvalue weighted by atomic mass is 10.0. The van der Waals surface area contributed by atoms with Gasteiger partial charge in [-0.15, -0.1) is 35.5 Å². The van der Waals surface area contributed by atoms with E-state index < -0.39 is 29.2 Å². The number of nitrogens with zero attached hydrogens (tertiary/aromatic N) is 3. The highest BCUT2D eigenvalue weighted by Crippen LogP contribution is 2.40. The quantitative estimate of drug-likeness (QED) is 0.223. The molecule has 0 unspecified atom stereocenters. The smallest absolute Gasteiger partial charge is 0.352 e. The van der Waals surface area contributed by atoms with E-state index in [1.54, 1.807) is 0 Å². The summed E-state index contributed by atoms with van der Waals surface area (Å²) in [6.45, 7) is 3.56. The van der Waals surface area contributed by atoms with Gasteiger partial charge in [0.25, 0.3) is 11.8 Å². The van der Waals surface area contributed by atoms with E-state index in [2.05, 4.69) is 22.0 Å². The number of fused-ring (bicyclic) bond motifs is 1. The SMILES string of the molecule is C=CC1=C(C(=O)O)N2C(=O)[C@@H](NC(=O)/C(=N\O)c3csc(N)n3)[C@H]2SC1.Cl. The summed E-state index contributed by atoms with van der Waals surface area (Å²) in [7, 11) is 0. The number of thiazole rings is 1. The molecule has 2 aliphatic rings. The maximum absolute atomic E-state index is 12.4. The Bertz CT molecular complexity index is 883. The molecule has 1 fully saturated rings. The van der Waals surface area contributed by atoms with Crippen molar-refractivity contribution in [2.45, 2.75) is 11.4 Å². The first-order valence-corrected chi connectivity index (χ1v) is 9.09. The van der Waals surface area contributed by atoms with Gasteiger partial charge in [0.2, 0.25) is 0 Å². The molecular weight excluding hydrogens is 418 g/mol. The first kappa shape index (κ1) is 20.7. The summed E-state index contributed by atoms with van der Waals surface area (Å²) in [5.41, 5.74) is 5.49. The van der Waals surface area contributed by atoms with Gasteiger partial charge < -0.3 is 21.4 Å². The molecule has 5 N–H and O–H groups in total. The lowest BCUT2D eigenvalue weighted by Gasteiger charge is -2.49. The number of hydrogen-bond donors (Lipinski definition) is 4. The van der Waals surface area contributed by atoms with Crippen LogP contribution in [0.25, 0.3) is 0 Å². The number of allylic oxidation sites excluding steroid dienone is 1. The summed E-state index contributed by atoms with van der Waals surface area (Å²) in [5.74, 6) is -2.27. The average molecular weight is 432 g/mol. The number of halogens is 1. The van der Waals surface area contributed by atoms with E-state index in [9.17, 15) is 19.5 Å². The molecule has 0 saturated carbocycles. The number of hydrogen-bond acceptors (Lipinski definition) is 9. The van der Waals surface area contributed by atoms with Gasteiger partial charge >= 0.3 is 5.97 Å². The monoisotopic (exact) mass is 431 g/mol. The van der Waals surface area contributed by atoms with E-state index in [1.807, 2.05) is 0 Å². The van der Waals surface area contributed by atoms with Gasteiger partial charge in [0.15, 0.2) is 10.8 Å². The summed E-state index contributed by atoms with van der Waals surface area (Å²) < 4.78 is 0. The van der Waals surface area contributed by atoms with Crippen LogP contribution < -0.4 is 11.1 Å². The molecule has 2 atom stereocenters. The van der Waals surface area contributed by atoms with Crippen LogP contribution in [0.15, 0.2) is 34.5 Å². The minimum absolute atomic E-state index is 0. The molecular formula is C14H14ClN5O5S2. The van der Waals surface area contributed by atoms with Crippen LogP contribution in [-0.4, -0.2) is 60.9 Å². The zero-order valence-corrected chi connectivity index (χ0v) is 15.9. The average Bonchev–Trinajstić information content (AvgIpc) is 3.04. The van der Waals surface area contributed by atoms with Crippen LogP contribution in [0.4, 0.5) is 5.13 Å². The van der Waals surface area contributed by atoms with Crippen LogP contribution in [0.1, 0.15) is 5.69 Å². The number of carbonyl (C=O) groups excluding carboxylic acids is 2.